The Balaban J connectivity index is 2.55. The highest BCUT2D eigenvalue weighted by Gasteiger charge is 2.36. The Morgan fingerprint density at radius 3 is 2.11 bits per heavy atom. The number of alkyl halides is 3. The van der Waals surface area contributed by atoms with Crippen LogP contribution in [0.3, 0.4) is 0 Å². The first kappa shape index (κ1) is 15.8. The molecule has 0 bridgehead atoms. The van der Waals surface area contributed by atoms with Gasteiger partial charge in [0.2, 0.25) is 11.8 Å². The number of carbonyl (C=O) groups excluding carboxylic acids is 2. The Labute approximate surface area is 110 Å². The van der Waals surface area contributed by atoms with Gasteiger partial charge in [0.1, 0.15) is 6.54 Å². The predicted molar refractivity (Wildman–Crippen MR) is 63.0 cm³/mol. The number of nitrogens with two attached hydrogens (primary N) is 1. The highest BCUT2D eigenvalue weighted by atomic mass is 19.4. The zero-order valence-electron chi connectivity index (χ0n) is 10.9. The van der Waals surface area contributed by atoms with Gasteiger partial charge in [-0.3, -0.25) is 9.59 Å². The molecule has 1 aliphatic rings. The lowest BCUT2D eigenvalue weighted by Gasteiger charge is -2.36. The number of nitrogens with zero attached hydrogens (tertiary/aromatic N) is 1. The second kappa shape index (κ2) is 6.25. The maximum absolute atomic E-state index is 12.4. The van der Waals surface area contributed by atoms with Crippen LogP contribution < -0.4 is 5.73 Å². The predicted octanol–water partition coefficient (Wildman–Crippen LogP) is 1.83. The summed E-state index contributed by atoms with van der Waals surface area (Å²) in [6.45, 7) is -0.0469. The molecule has 0 aromatic heterocycles. The van der Waals surface area contributed by atoms with E-state index in [1.54, 1.807) is 0 Å². The van der Waals surface area contributed by atoms with Gasteiger partial charge < -0.3 is 10.6 Å². The molecular weight excluding hydrogens is 261 g/mol. The van der Waals surface area contributed by atoms with Crippen molar-refractivity contribution in [3.63, 3.8) is 0 Å². The van der Waals surface area contributed by atoms with Gasteiger partial charge in [0.15, 0.2) is 0 Å². The lowest BCUT2D eigenvalue weighted by atomic mass is 9.83. The van der Waals surface area contributed by atoms with Crippen LogP contribution in [0.25, 0.3) is 0 Å². The molecule has 2 N–H and O–H groups in total. The molecule has 1 rings (SSSR count). The van der Waals surface area contributed by atoms with Crippen LogP contribution in [0.5, 0.6) is 0 Å². The van der Waals surface area contributed by atoms with Gasteiger partial charge in [-0.25, -0.2) is 0 Å². The van der Waals surface area contributed by atoms with Crippen molar-refractivity contribution < 1.29 is 22.8 Å². The third kappa shape index (κ3) is 5.48. The monoisotopic (exact) mass is 280 g/mol. The van der Waals surface area contributed by atoms with E-state index in [1.165, 1.54) is 0 Å². The van der Waals surface area contributed by atoms with Gasteiger partial charge in [-0.1, -0.05) is 0 Å². The standard InChI is InChI=1S/C12H19F3N2O2/c1-8(18)17(7-12(13,14)15)10-4-2-9(3-5-10)6-11(16)19/h9-10H,2-7H2,1H3,(H2,16,19). The summed E-state index contributed by atoms with van der Waals surface area (Å²) in [4.78, 5) is 23.0. The molecule has 7 heteroatoms. The van der Waals surface area contributed by atoms with Crippen molar-refractivity contribution in [3.8, 4) is 0 Å². The lowest BCUT2D eigenvalue weighted by Crippen LogP contribution is -2.46. The van der Waals surface area contributed by atoms with Crippen LogP contribution in [0.1, 0.15) is 39.0 Å². The van der Waals surface area contributed by atoms with Gasteiger partial charge >= 0.3 is 6.18 Å². The second-order valence-corrected chi connectivity index (χ2v) is 5.11. The summed E-state index contributed by atoms with van der Waals surface area (Å²) in [6.07, 6.45) is -1.85. The average Bonchev–Trinajstić information content (AvgIpc) is 2.25. The van der Waals surface area contributed by atoms with Crippen molar-refractivity contribution in [1.82, 2.24) is 4.90 Å². The van der Waals surface area contributed by atoms with Gasteiger partial charge in [-0.2, -0.15) is 13.2 Å². The SMILES string of the molecule is CC(=O)N(CC(F)(F)F)C1CCC(CC(N)=O)CC1. The number of primary amides is 1. The van der Waals surface area contributed by atoms with E-state index in [-0.39, 0.29) is 24.3 Å². The summed E-state index contributed by atoms with van der Waals surface area (Å²) < 4.78 is 37.2. The Hall–Kier alpha value is -1.27. The minimum atomic E-state index is -4.38. The highest BCUT2D eigenvalue weighted by Crippen LogP contribution is 2.31. The van der Waals surface area contributed by atoms with Crippen molar-refractivity contribution in [1.29, 1.82) is 0 Å². The number of hydrogen-bond donors (Lipinski definition) is 1. The number of carbonyl (C=O) groups is 2. The van der Waals surface area contributed by atoms with Crippen molar-refractivity contribution in [2.75, 3.05) is 6.54 Å². The first-order valence-electron chi connectivity index (χ1n) is 6.31. The zero-order valence-corrected chi connectivity index (χ0v) is 10.9. The Morgan fingerprint density at radius 1 is 1.21 bits per heavy atom. The van der Waals surface area contributed by atoms with Gasteiger partial charge in [0.25, 0.3) is 0 Å². The first-order valence-corrected chi connectivity index (χ1v) is 6.31. The van der Waals surface area contributed by atoms with Crippen molar-refractivity contribution >= 4 is 11.8 Å². The molecule has 0 unspecified atom stereocenters. The number of hydrogen-bond acceptors (Lipinski definition) is 2. The van der Waals surface area contributed by atoms with E-state index in [4.69, 9.17) is 5.73 Å². The zero-order chi connectivity index (χ0) is 14.6. The summed E-state index contributed by atoms with van der Waals surface area (Å²) in [7, 11) is 0. The quantitative estimate of drug-likeness (QED) is 0.854. The summed E-state index contributed by atoms with van der Waals surface area (Å²) in [5, 5.41) is 0. The molecule has 0 aliphatic heterocycles. The van der Waals surface area contributed by atoms with E-state index < -0.39 is 18.6 Å². The van der Waals surface area contributed by atoms with E-state index in [0.29, 0.717) is 25.7 Å². The Kier molecular flexibility index (Phi) is 5.20. The smallest absolute Gasteiger partial charge is 0.370 e. The minimum Gasteiger partial charge on any atom is -0.370 e. The molecular formula is C12H19F3N2O2. The number of rotatable bonds is 4. The summed E-state index contributed by atoms with van der Waals surface area (Å²) in [5.41, 5.74) is 5.10. The van der Waals surface area contributed by atoms with Crippen LogP contribution >= 0.6 is 0 Å². The molecule has 0 saturated heterocycles. The minimum absolute atomic E-state index is 0.133. The maximum Gasteiger partial charge on any atom is 0.406 e. The van der Waals surface area contributed by atoms with Crippen molar-refractivity contribution in [2.24, 2.45) is 11.7 Å². The second-order valence-electron chi connectivity index (χ2n) is 5.11. The van der Waals surface area contributed by atoms with E-state index >= 15 is 0 Å². The number of halogens is 3. The maximum atomic E-state index is 12.4. The normalized spacial score (nSPS) is 24.0. The van der Waals surface area contributed by atoms with E-state index in [1.807, 2.05) is 0 Å². The fraction of sp³-hybridized carbons (Fsp3) is 0.833. The van der Waals surface area contributed by atoms with E-state index in [9.17, 15) is 22.8 Å². The van der Waals surface area contributed by atoms with Gasteiger partial charge in [-0.05, 0) is 31.6 Å². The third-order valence-electron chi connectivity index (χ3n) is 3.50. The highest BCUT2D eigenvalue weighted by molar-refractivity contribution is 5.74. The molecule has 1 saturated carbocycles. The molecule has 0 aromatic carbocycles. The summed E-state index contributed by atoms with van der Waals surface area (Å²) >= 11 is 0. The molecule has 4 nitrogen and oxygen atoms in total. The Morgan fingerprint density at radius 2 is 1.74 bits per heavy atom. The van der Waals surface area contributed by atoms with Crippen molar-refractivity contribution in [2.45, 2.75) is 51.2 Å². The molecule has 2 amide bonds. The molecule has 1 aliphatic carbocycles. The fourth-order valence-electron chi connectivity index (χ4n) is 2.64. The van der Waals surface area contributed by atoms with Crippen LogP contribution in [-0.2, 0) is 9.59 Å². The van der Waals surface area contributed by atoms with E-state index in [0.717, 1.165) is 11.8 Å². The van der Waals surface area contributed by atoms with Gasteiger partial charge in [0.05, 0.1) is 0 Å². The molecule has 0 atom stereocenters. The summed E-state index contributed by atoms with van der Waals surface area (Å²) in [5.74, 6) is -0.814. The van der Waals surface area contributed by atoms with Crippen LogP contribution in [0, 0.1) is 5.92 Å². The molecule has 0 heterocycles. The van der Waals surface area contributed by atoms with Gasteiger partial charge in [-0.15, -0.1) is 0 Å². The average molecular weight is 280 g/mol. The molecule has 1 fully saturated rings. The van der Waals surface area contributed by atoms with E-state index in [2.05, 4.69) is 0 Å². The fourth-order valence-corrected chi connectivity index (χ4v) is 2.64. The van der Waals surface area contributed by atoms with Crippen LogP contribution in [0.15, 0.2) is 0 Å². The summed E-state index contributed by atoms with van der Waals surface area (Å²) in [6, 6.07) is -0.386. The lowest BCUT2D eigenvalue weighted by molar-refractivity contribution is -0.166. The van der Waals surface area contributed by atoms with Crippen molar-refractivity contribution in [3.05, 3.63) is 0 Å². The Bertz CT molecular complexity index is 336. The number of amides is 2. The molecule has 19 heavy (non-hydrogen) atoms. The first-order chi connectivity index (χ1) is 8.69. The molecule has 0 spiro atoms. The largest absolute Gasteiger partial charge is 0.406 e. The van der Waals surface area contributed by atoms with Gasteiger partial charge in [0, 0.05) is 19.4 Å². The van der Waals surface area contributed by atoms with Crippen LogP contribution in [0.4, 0.5) is 13.2 Å². The molecule has 110 valence electrons. The topological polar surface area (TPSA) is 63.4 Å². The molecule has 0 aromatic rings. The van der Waals surface area contributed by atoms with Crippen LogP contribution in [0.2, 0.25) is 0 Å². The van der Waals surface area contributed by atoms with Crippen LogP contribution in [-0.4, -0.2) is 35.5 Å². The third-order valence-corrected chi connectivity index (χ3v) is 3.50. The molecule has 0 radical (unpaired) electrons.